The molecule has 6 N–H and O–H groups in total. The largest absolute Gasteiger partial charge is 0.498 e. The molecule has 1 saturated carbocycles. The molecule has 3 aliphatic carbocycles. The van der Waals surface area contributed by atoms with Crippen LogP contribution in [0.25, 0.3) is 16.7 Å². The number of amides is 9. The van der Waals surface area contributed by atoms with E-state index in [4.69, 9.17) is 28.4 Å². The Morgan fingerprint density at radius 3 is 2.27 bits per heavy atom. The van der Waals surface area contributed by atoms with Gasteiger partial charge in [-0.3, -0.25) is 48.2 Å². The number of methoxy groups -OCH3 is 3. The van der Waals surface area contributed by atoms with Crippen molar-refractivity contribution in [3.63, 3.8) is 0 Å². The van der Waals surface area contributed by atoms with E-state index >= 15 is 9.59 Å². The minimum absolute atomic E-state index is 0.0243. The number of hydrogen-bond donors (Lipinski definition) is 6. The van der Waals surface area contributed by atoms with Crippen LogP contribution in [0.1, 0.15) is 110 Å². The number of ether oxygens (including phenoxy) is 6. The number of anilines is 3. The van der Waals surface area contributed by atoms with E-state index in [1.165, 1.54) is 50.6 Å². The van der Waals surface area contributed by atoms with Crippen LogP contribution in [0.5, 0.6) is 17.2 Å². The molecule has 10 aliphatic rings. The first-order valence-corrected chi connectivity index (χ1v) is 34.7. The first-order chi connectivity index (χ1) is 49.8. The molecule has 7 atom stereocenters. The van der Waals surface area contributed by atoms with Gasteiger partial charge in [0, 0.05) is 62.3 Å². The van der Waals surface area contributed by atoms with E-state index in [1.807, 2.05) is 71.6 Å². The van der Waals surface area contributed by atoms with Crippen LogP contribution < -0.4 is 50.6 Å². The minimum Gasteiger partial charge on any atom is -0.498 e. The topological polar surface area (TPSA) is 318 Å². The molecule has 5 aromatic rings. The van der Waals surface area contributed by atoms with E-state index in [0.29, 0.717) is 43.1 Å². The third-order valence-electron chi connectivity index (χ3n) is 20.9. The van der Waals surface area contributed by atoms with Crippen molar-refractivity contribution < 1.29 is 76.7 Å². The third-order valence-corrected chi connectivity index (χ3v) is 20.9. The number of allylic oxidation sites excluding steroid dienone is 2. The fourth-order valence-corrected chi connectivity index (χ4v) is 15.0. The SMILES string of the molecule is COC1=CC2=C3CC1OCCCOc1cc4c(cc1OC)C(=O)N1C=C(c5ccc(OC)cc5)CC1CN4C(C)[C@H](NC(=O)CNC(=O)CNC(=O)CCC(=O)N1Cc4ccccc4C4=C(C4)c4ccccc41)C(=O)NC(C)C(=O)Nc1ccc(nc1)COC(=O)N3C(O)C1CC3(CC3)CN1C2=O. The molecular weight excluding hydrogens is 1320 g/mol. The van der Waals surface area contributed by atoms with E-state index in [9.17, 15) is 38.7 Å². The average Bonchev–Trinajstić information content (AvgIpc) is 1.63. The molecule has 7 aliphatic heterocycles. The van der Waals surface area contributed by atoms with Crippen LogP contribution in [0, 0.1) is 5.41 Å². The smallest absolute Gasteiger partial charge is 0.416 e. The number of pyridine rings is 1. The number of fused-ring (bicyclic) bond motifs is 20. The maximum Gasteiger partial charge on any atom is 0.416 e. The highest BCUT2D eigenvalue weighted by molar-refractivity contribution is 6.13. The summed E-state index contributed by atoms with van der Waals surface area (Å²) in [5, 5.41) is 25.6. The number of benzene rings is 4. The number of aromatic nitrogens is 1. The molecule has 1 spiro atoms. The Balaban J connectivity index is 0.716. The molecule has 536 valence electrons. The van der Waals surface area contributed by atoms with Crippen molar-refractivity contribution in [1.82, 2.24) is 41.0 Å². The summed E-state index contributed by atoms with van der Waals surface area (Å²) in [6, 6.07) is 24.2. The molecule has 1 saturated heterocycles. The van der Waals surface area contributed by atoms with Crippen molar-refractivity contribution in [2.24, 2.45) is 5.41 Å². The number of aliphatic hydroxyl groups is 1. The van der Waals surface area contributed by atoms with E-state index in [-0.39, 0.29) is 109 Å². The van der Waals surface area contributed by atoms with E-state index in [1.54, 1.807) is 53.1 Å². The third kappa shape index (κ3) is 14.1. The van der Waals surface area contributed by atoms with Crippen molar-refractivity contribution in [3.05, 3.63) is 166 Å². The quantitative estimate of drug-likeness (QED) is 0.0825. The van der Waals surface area contributed by atoms with Gasteiger partial charge in [0.1, 0.15) is 36.3 Å². The second-order valence-corrected chi connectivity index (χ2v) is 27.4. The van der Waals surface area contributed by atoms with Gasteiger partial charge in [-0.15, -0.1) is 0 Å². The molecule has 27 heteroatoms. The number of nitrogens with one attached hydrogen (secondary N) is 5. The normalized spacial score (nSPS) is 23.5. The maximum atomic E-state index is 15.2. The summed E-state index contributed by atoms with van der Waals surface area (Å²) < 4.78 is 36.1. The lowest BCUT2D eigenvalue weighted by molar-refractivity contribution is -0.131. The first kappa shape index (κ1) is 69.0. The molecule has 0 radical (unpaired) electrons. The molecule has 8 heterocycles. The van der Waals surface area contributed by atoms with Crippen molar-refractivity contribution in [2.45, 2.75) is 127 Å². The van der Waals surface area contributed by atoms with Gasteiger partial charge in [-0.1, -0.05) is 54.6 Å². The summed E-state index contributed by atoms with van der Waals surface area (Å²) in [7, 11) is 4.47. The lowest BCUT2D eigenvalue weighted by Gasteiger charge is -2.38. The average molecular weight is 1400 g/mol. The van der Waals surface area contributed by atoms with Gasteiger partial charge in [0.05, 0.1) is 112 Å². The lowest BCUT2D eigenvalue weighted by atomic mass is 9.96. The van der Waals surface area contributed by atoms with Gasteiger partial charge in [0.25, 0.3) is 11.8 Å². The number of nitrogens with zero attached hydrogens (tertiary/aromatic N) is 6. The molecular formula is C76H81N11O16. The molecule has 1 aromatic heterocycles. The number of carbonyl (C=O) groups excluding carboxylic acids is 9. The van der Waals surface area contributed by atoms with Crippen molar-refractivity contribution >= 4 is 87.1 Å². The van der Waals surface area contributed by atoms with Crippen molar-refractivity contribution in [2.75, 3.05) is 75.8 Å². The fourth-order valence-electron chi connectivity index (χ4n) is 15.0. The van der Waals surface area contributed by atoms with Crippen LogP contribution >= 0.6 is 0 Å². The van der Waals surface area contributed by atoms with Crippen molar-refractivity contribution in [1.29, 1.82) is 0 Å². The predicted molar refractivity (Wildman–Crippen MR) is 375 cm³/mol. The van der Waals surface area contributed by atoms with E-state index < -0.39 is 97.2 Å². The van der Waals surface area contributed by atoms with E-state index in [2.05, 4.69) is 37.6 Å². The molecule has 6 unspecified atom stereocenters. The summed E-state index contributed by atoms with van der Waals surface area (Å²) in [6.45, 7) is 2.47. The summed E-state index contributed by atoms with van der Waals surface area (Å²) in [5.41, 5.74) is 9.11. The molecule has 103 heavy (non-hydrogen) atoms. The van der Waals surface area contributed by atoms with Crippen LogP contribution in [0.15, 0.2) is 133 Å². The number of rotatable bonds is 12. The second kappa shape index (κ2) is 28.8. The van der Waals surface area contributed by atoms with Crippen molar-refractivity contribution in [3.8, 4) is 17.2 Å². The standard InChI is InChI=1S/C76H81N11O16/c1-42-70(92)81-47-17-18-48(77-34-47)40-103-75(97)87-59-32-64(62(100-5)30-56(59)73(95)86-41-76(23-24-76)33-60(86)74(87)96)102-26-10-25-101-63-31-58-55(29-61(63)99-4)72(94)84-38-46(44-15-19-50(98-3)20-16-44)27-49(84)39-83(58)43(2)69(71(93)80-42)82-67(90)36-79-66(89)35-78-65(88)21-22-68(91)85-37-45-11-6-7-12-51(45)53-28-54(53)52-13-8-9-14-57(52)85/h6-9,11-20,29-31,34,38,42-43,49,60,64,69,74,96H,10,21-28,32-33,35-37,39-41H2,1-5H3,(H,78,88)(H,79,89)(H,80,93)(H,81,92)(H,82,90)/t42?,43?,49?,60?,64?,69-,74?/m0/s1. The predicted octanol–water partition coefficient (Wildman–Crippen LogP) is 6.07. The Labute approximate surface area is 594 Å². The number of carbonyl (C=O) groups is 9. The number of para-hydroxylation sites is 1. The highest BCUT2D eigenvalue weighted by Crippen LogP contribution is 2.57. The van der Waals surface area contributed by atoms with Gasteiger partial charge in [0.2, 0.25) is 35.4 Å². The monoisotopic (exact) mass is 1400 g/mol. The van der Waals surface area contributed by atoms with Crippen LogP contribution in [0.2, 0.25) is 0 Å². The fraction of sp³-hybridized carbons (Fsp3) is 0.395. The van der Waals surface area contributed by atoms with Gasteiger partial charge in [-0.2, -0.15) is 0 Å². The van der Waals surface area contributed by atoms with Crippen LogP contribution in [-0.4, -0.2) is 181 Å². The second-order valence-electron chi connectivity index (χ2n) is 27.4. The Kier molecular flexibility index (Phi) is 19.3. The van der Waals surface area contributed by atoms with E-state index in [0.717, 1.165) is 57.7 Å². The van der Waals surface area contributed by atoms with Gasteiger partial charge < -0.3 is 79.7 Å². The first-order valence-electron chi connectivity index (χ1n) is 34.7. The molecule has 27 nitrogen and oxygen atoms in total. The zero-order valence-corrected chi connectivity index (χ0v) is 57.8. The zero-order chi connectivity index (χ0) is 72.0. The summed E-state index contributed by atoms with van der Waals surface area (Å²) in [6.07, 6.45) is 4.77. The minimum atomic E-state index is -1.53. The lowest BCUT2D eigenvalue weighted by Crippen LogP contribution is -2.61. The molecule has 15 rings (SSSR count). The summed E-state index contributed by atoms with van der Waals surface area (Å²) in [5.74, 6) is -3.31. The van der Waals surface area contributed by atoms with Crippen LogP contribution in [0.3, 0.4) is 0 Å². The van der Waals surface area contributed by atoms with Gasteiger partial charge in [-0.25, -0.2) is 4.79 Å². The molecule has 2 fully saturated rings. The number of hydrogen-bond acceptors (Lipinski definition) is 18. The van der Waals surface area contributed by atoms with Crippen LogP contribution in [-0.2, 0) is 60.9 Å². The maximum absolute atomic E-state index is 15.2. The van der Waals surface area contributed by atoms with Gasteiger partial charge in [0.15, 0.2) is 17.7 Å². The Morgan fingerprint density at radius 2 is 1.51 bits per heavy atom. The van der Waals surface area contributed by atoms with Gasteiger partial charge in [-0.05, 0) is 127 Å². The highest BCUT2D eigenvalue weighted by atomic mass is 16.6. The van der Waals surface area contributed by atoms with Gasteiger partial charge >= 0.3 is 6.09 Å². The summed E-state index contributed by atoms with van der Waals surface area (Å²) >= 11 is 0. The Bertz CT molecular complexity index is 4410. The molecule has 9 amide bonds. The summed E-state index contributed by atoms with van der Waals surface area (Å²) in [4.78, 5) is 141. The Hall–Kier alpha value is -11.1. The Morgan fingerprint density at radius 1 is 0.757 bits per heavy atom. The number of aliphatic hydroxyl groups excluding tert-OH is 1. The highest BCUT2D eigenvalue weighted by Gasteiger charge is 2.59. The molecule has 4 aromatic carbocycles. The zero-order valence-electron chi connectivity index (χ0n) is 57.8. The van der Waals surface area contributed by atoms with Crippen LogP contribution in [0.4, 0.5) is 21.9 Å². The molecule has 6 bridgehead atoms.